The van der Waals surface area contributed by atoms with E-state index in [-0.39, 0.29) is 0 Å². The fraction of sp³-hybridized carbons (Fsp3) is 0.750. The maximum atomic E-state index is 10.1. The Hall–Kier alpha value is 0.0700. The van der Waals surface area contributed by atoms with Gasteiger partial charge in [0.2, 0.25) is 0 Å². The Morgan fingerprint density at radius 2 is 2.20 bits per heavy atom. The van der Waals surface area contributed by atoms with Crippen molar-refractivity contribution in [3.8, 4) is 0 Å². The molecule has 0 aliphatic rings. The highest BCUT2D eigenvalue weighted by atomic mass is 31.2. The van der Waals surface area contributed by atoms with Crippen LogP contribution in [-0.2, 0) is 9.30 Å². The normalized spacial score (nSPS) is 15.2. The van der Waals surface area contributed by atoms with Crippen molar-refractivity contribution in [2.75, 3.05) is 0 Å². The first-order valence-electron chi connectivity index (χ1n) is 2.69. The van der Waals surface area contributed by atoms with Gasteiger partial charge in [-0.15, -0.1) is 0 Å². The predicted molar refractivity (Wildman–Crippen MR) is 33.7 cm³/mol. The number of aliphatic hydroxyl groups is 1. The minimum atomic E-state index is -4.48. The summed E-state index contributed by atoms with van der Waals surface area (Å²) in [6.07, 6.45) is 0.483. The molecule has 0 rings (SSSR count). The molecule has 0 bridgehead atoms. The Balaban J connectivity index is 3.63. The van der Waals surface area contributed by atoms with Crippen molar-refractivity contribution in [3.63, 3.8) is 0 Å². The second-order valence-corrected chi connectivity index (χ2v) is 3.25. The summed E-state index contributed by atoms with van der Waals surface area (Å²) in [7, 11) is -4.48. The van der Waals surface area contributed by atoms with Crippen molar-refractivity contribution in [2.45, 2.75) is 19.4 Å². The van der Waals surface area contributed by atoms with Gasteiger partial charge in [-0.2, -0.15) is 0 Å². The highest BCUT2D eigenvalue weighted by Gasteiger charge is 2.26. The predicted octanol–water partition coefficient (Wildman–Crippen LogP) is 0.0284. The SMILES string of the molecule is CC[CH]OC(O)P(=O)(O)O. The van der Waals surface area contributed by atoms with E-state index in [1.807, 2.05) is 0 Å². The van der Waals surface area contributed by atoms with Crippen LogP contribution in [0.5, 0.6) is 0 Å². The van der Waals surface area contributed by atoms with E-state index >= 15 is 0 Å². The molecule has 0 aromatic rings. The average molecular weight is 169 g/mol. The van der Waals surface area contributed by atoms with Crippen LogP contribution < -0.4 is 0 Å². The molecule has 5 nitrogen and oxygen atoms in total. The molecule has 0 fully saturated rings. The van der Waals surface area contributed by atoms with E-state index in [0.717, 1.165) is 6.61 Å². The molecule has 0 aromatic carbocycles. The third kappa shape index (κ3) is 3.98. The smallest absolute Gasteiger partial charge is 0.358 e. The van der Waals surface area contributed by atoms with Gasteiger partial charge in [-0.3, -0.25) is 4.57 Å². The Kier molecular flexibility index (Phi) is 4.08. The second kappa shape index (κ2) is 4.05. The van der Waals surface area contributed by atoms with Gasteiger partial charge in [0.05, 0.1) is 6.61 Å². The number of ether oxygens (including phenoxy) is 1. The van der Waals surface area contributed by atoms with E-state index in [0.29, 0.717) is 6.42 Å². The zero-order valence-electron chi connectivity index (χ0n) is 5.47. The molecule has 1 radical (unpaired) electrons. The van der Waals surface area contributed by atoms with Gasteiger partial charge in [0.25, 0.3) is 6.03 Å². The lowest BCUT2D eigenvalue weighted by Crippen LogP contribution is -2.09. The lowest BCUT2D eigenvalue weighted by molar-refractivity contribution is -0.0260. The summed E-state index contributed by atoms with van der Waals surface area (Å²) in [6.45, 7) is 2.84. The fourth-order valence-corrected chi connectivity index (χ4v) is 0.506. The van der Waals surface area contributed by atoms with Crippen molar-refractivity contribution in [2.24, 2.45) is 0 Å². The first-order chi connectivity index (χ1) is 4.48. The van der Waals surface area contributed by atoms with Gasteiger partial charge in [0.15, 0.2) is 0 Å². The monoisotopic (exact) mass is 169 g/mol. The highest BCUT2D eigenvalue weighted by molar-refractivity contribution is 7.52. The molecule has 0 aliphatic heterocycles. The number of rotatable bonds is 4. The number of hydrogen-bond acceptors (Lipinski definition) is 3. The quantitative estimate of drug-likeness (QED) is 0.408. The molecular weight excluding hydrogens is 159 g/mol. The Bertz CT molecular complexity index is 130. The summed E-state index contributed by atoms with van der Waals surface area (Å²) < 4.78 is 14.4. The molecule has 0 aromatic heterocycles. The van der Waals surface area contributed by atoms with Crippen LogP contribution in [0, 0.1) is 6.61 Å². The van der Waals surface area contributed by atoms with Gasteiger partial charge in [0, 0.05) is 0 Å². The number of hydrogen-bond donors (Lipinski definition) is 3. The molecule has 0 saturated heterocycles. The fourth-order valence-electron chi connectivity index (χ4n) is 0.262. The van der Waals surface area contributed by atoms with Gasteiger partial charge in [0.1, 0.15) is 0 Å². The van der Waals surface area contributed by atoms with Gasteiger partial charge in [-0.1, -0.05) is 6.92 Å². The van der Waals surface area contributed by atoms with E-state index in [1.165, 1.54) is 0 Å². The van der Waals surface area contributed by atoms with E-state index in [9.17, 15) is 4.57 Å². The molecule has 6 heteroatoms. The van der Waals surface area contributed by atoms with Crippen molar-refractivity contribution < 1.29 is 24.2 Å². The highest BCUT2D eigenvalue weighted by Crippen LogP contribution is 2.40. The summed E-state index contributed by atoms with van der Waals surface area (Å²) >= 11 is 0. The minimum absolute atomic E-state index is 0.483. The molecule has 0 heterocycles. The maximum Gasteiger partial charge on any atom is 0.381 e. The van der Waals surface area contributed by atoms with Crippen molar-refractivity contribution in [1.29, 1.82) is 0 Å². The summed E-state index contributed by atoms with van der Waals surface area (Å²) in [5.74, 6) is 0. The zero-order valence-corrected chi connectivity index (χ0v) is 6.36. The van der Waals surface area contributed by atoms with Crippen molar-refractivity contribution in [3.05, 3.63) is 6.61 Å². The van der Waals surface area contributed by atoms with E-state index in [4.69, 9.17) is 14.9 Å². The minimum Gasteiger partial charge on any atom is -0.358 e. The van der Waals surface area contributed by atoms with Crippen LogP contribution in [0.25, 0.3) is 0 Å². The molecule has 10 heavy (non-hydrogen) atoms. The van der Waals surface area contributed by atoms with Crippen LogP contribution in [0.2, 0.25) is 0 Å². The lowest BCUT2D eigenvalue weighted by Gasteiger charge is -2.11. The molecule has 3 N–H and O–H groups in total. The summed E-state index contributed by atoms with van der Waals surface area (Å²) in [5, 5.41) is 8.50. The Labute approximate surface area is 58.8 Å². The topological polar surface area (TPSA) is 87.0 Å². The molecule has 0 spiro atoms. The van der Waals surface area contributed by atoms with Gasteiger partial charge in [-0.25, -0.2) is 0 Å². The maximum absolute atomic E-state index is 10.1. The molecule has 0 saturated carbocycles. The third-order valence-electron chi connectivity index (χ3n) is 0.672. The molecule has 1 atom stereocenters. The van der Waals surface area contributed by atoms with Gasteiger partial charge in [-0.05, 0) is 6.42 Å². The van der Waals surface area contributed by atoms with Crippen LogP contribution in [0.15, 0.2) is 0 Å². The van der Waals surface area contributed by atoms with Crippen LogP contribution in [0.4, 0.5) is 0 Å². The second-order valence-electron chi connectivity index (χ2n) is 1.63. The van der Waals surface area contributed by atoms with Crippen molar-refractivity contribution in [1.82, 2.24) is 0 Å². The zero-order chi connectivity index (χ0) is 8.20. The van der Waals surface area contributed by atoms with Gasteiger partial charge >= 0.3 is 7.60 Å². The van der Waals surface area contributed by atoms with Crippen LogP contribution in [-0.4, -0.2) is 20.9 Å². The molecule has 1 unspecified atom stereocenters. The largest absolute Gasteiger partial charge is 0.381 e. The summed E-state index contributed by atoms with van der Waals surface area (Å²) in [4.78, 5) is 16.5. The first-order valence-corrected chi connectivity index (χ1v) is 4.37. The Morgan fingerprint density at radius 1 is 1.70 bits per heavy atom. The van der Waals surface area contributed by atoms with Crippen LogP contribution >= 0.6 is 7.60 Å². The number of aliphatic hydroxyl groups excluding tert-OH is 1. The summed E-state index contributed by atoms with van der Waals surface area (Å²) in [5.41, 5.74) is 0. The first kappa shape index (κ1) is 10.1. The van der Waals surface area contributed by atoms with Crippen molar-refractivity contribution >= 4 is 7.60 Å². The summed E-state index contributed by atoms with van der Waals surface area (Å²) in [6, 6.07) is -2.02. The third-order valence-corrected chi connectivity index (χ3v) is 1.37. The van der Waals surface area contributed by atoms with E-state index < -0.39 is 13.6 Å². The lowest BCUT2D eigenvalue weighted by atomic mass is 10.5. The molecule has 0 amide bonds. The molecule has 61 valence electrons. The average Bonchev–Trinajstić information content (AvgIpc) is 1.80. The van der Waals surface area contributed by atoms with Crippen LogP contribution in [0.3, 0.4) is 0 Å². The Morgan fingerprint density at radius 3 is 2.50 bits per heavy atom. The van der Waals surface area contributed by atoms with E-state index in [2.05, 4.69) is 4.74 Å². The van der Waals surface area contributed by atoms with Crippen LogP contribution in [0.1, 0.15) is 13.3 Å². The standard InChI is InChI=1S/C4H10O5P/c1-2-3-9-4(5)10(6,7)8/h3-5H,2H2,1H3,(H2,6,7,8). The molecular formula is C4H10O5P. The van der Waals surface area contributed by atoms with Gasteiger partial charge < -0.3 is 19.6 Å². The molecule has 0 aliphatic carbocycles. The van der Waals surface area contributed by atoms with E-state index in [1.54, 1.807) is 6.92 Å².